The van der Waals surface area contributed by atoms with Crippen molar-refractivity contribution in [3.05, 3.63) is 130 Å². The summed E-state index contributed by atoms with van der Waals surface area (Å²) in [5.41, 5.74) is 11.5. The zero-order valence-corrected chi connectivity index (χ0v) is 24.1. The van der Waals surface area contributed by atoms with Crippen LogP contribution < -0.4 is 0 Å². The number of hydrogen-bond acceptors (Lipinski definition) is 9. The molecule has 0 aliphatic rings. The van der Waals surface area contributed by atoms with Gasteiger partial charge in [0.1, 0.15) is 25.3 Å². The van der Waals surface area contributed by atoms with E-state index < -0.39 is 0 Å². The Morgan fingerprint density at radius 3 is 0.659 bits per heavy atom. The molecular formula is C35H27N9. The molecule has 0 radical (unpaired) electrons. The highest BCUT2D eigenvalue weighted by atomic mass is 14.8. The van der Waals surface area contributed by atoms with Crippen molar-refractivity contribution in [1.29, 1.82) is 0 Å². The summed E-state index contributed by atoms with van der Waals surface area (Å²) in [6.07, 6.45) is 24.3. The average molecular weight is 574 g/mol. The highest BCUT2D eigenvalue weighted by molar-refractivity contribution is 5.84. The molecule has 0 aliphatic carbocycles. The van der Waals surface area contributed by atoms with Crippen LogP contribution >= 0.6 is 0 Å². The Hall–Kier alpha value is -6.09. The summed E-state index contributed by atoms with van der Waals surface area (Å²) in [5.74, 6) is 0. The smallest absolute Gasteiger partial charge is 0.115 e. The number of rotatable bonds is 6. The molecule has 9 heteroatoms. The fourth-order valence-corrected chi connectivity index (χ4v) is 4.80. The summed E-state index contributed by atoms with van der Waals surface area (Å²) in [6, 6.07) is 14.8. The molecule has 0 bridgehead atoms. The summed E-state index contributed by atoms with van der Waals surface area (Å²) >= 11 is 0. The minimum absolute atomic E-state index is 0.911. The number of pyridine rings is 1. The largest absolute Gasteiger partial charge is 0.263 e. The van der Waals surface area contributed by atoms with Crippen molar-refractivity contribution in [2.45, 2.75) is 13.8 Å². The fourth-order valence-electron chi connectivity index (χ4n) is 4.80. The highest BCUT2D eigenvalue weighted by Gasteiger charge is 2.12. The third-order valence-corrected chi connectivity index (χ3v) is 6.85. The van der Waals surface area contributed by atoms with Crippen LogP contribution in [-0.4, -0.2) is 44.9 Å². The van der Waals surface area contributed by atoms with E-state index in [-0.39, 0.29) is 0 Å². The molecule has 0 N–H and O–H groups in total. The molecule has 44 heavy (non-hydrogen) atoms. The minimum atomic E-state index is 0.911. The van der Waals surface area contributed by atoms with Crippen molar-refractivity contribution in [2.75, 3.05) is 0 Å². The summed E-state index contributed by atoms with van der Waals surface area (Å²) in [7, 11) is 0. The van der Waals surface area contributed by atoms with Gasteiger partial charge in [0.2, 0.25) is 0 Å². The zero-order valence-electron chi connectivity index (χ0n) is 24.1. The quantitative estimate of drug-likeness (QED) is 0.202. The molecule has 0 saturated heterocycles. The molecule has 5 heterocycles. The summed E-state index contributed by atoms with van der Waals surface area (Å²) in [6.45, 7) is 4.00. The van der Waals surface area contributed by atoms with Gasteiger partial charge in [-0.3, -0.25) is 4.98 Å². The van der Waals surface area contributed by atoms with Crippen molar-refractivity contribution in [3.63, 3.8) is 0 Å². The van der Waals surface area contributed by atoms with Gasteiger partial charge in [-0.25, -0.2) is 39.9 Å². The molecular weight excluding hydrogens is 546 g/mol. The Labute approximate surface area is 254 Å². The van der Waals surface area contributed by atoms with Gasteiger partial charge in [-0.2, -0.15) is 0 Å². The van der Waals surface area contributed by atoms with E-state index in [1.807, 2.05) is 26.2 Å². The molecule has 0 unspecified atom stereocenters. The lowest BCUT2D eigenvalue weighted by atomic mass is 9.93. The Bertz CT molecular complexity index is 1710. The van der Waals surface area contributed by atoms with Gasteiger partial charge in [0, 0.05) is 95.3 Å². The number of aromatic nitrogens is 9. The van der Waals surface area contributed by atoms with Crippen LogP contribution in [0.25, 0.3) is 66.8 Å². The van der Waals surface area contributed by atoms with E-state index in [4.69, 9.17) is 0 Å². The molecule has 9 nitrogen and oxygen atoms in total. The second-order valence-corrected chi connectivity index (χ2v) is 9.57. The van der Waals surface area contributed by atoms with E-state index in [2.05, 4.69) is 87.3 Å². The standard InChI is InChI=1S/C33H21N9.C2H6/c1-22(2-25(31-12-37-19-38-13-31)5-24(1)30-10-35-18-36-11-30)28-7-29(9-34-8-28)23-3-26(32-14-39-20-40-15-32)6-27(4-23)33-16-41-21-42-17-33;1-2/h1-21H;1-2H3. The first-order valence-corrected chi connectivity index (χ1v) is 14.1. The molecule has 0 amide bonds. The maximum atomic E-state index is 4.65. The summed E-state index contributed by atoms with van der Waals surface area (Å²) < 4.78 is 0. The monoisotopic (exact) mass is 573 g/mol. The van der Waals surface area contributed by atoms with Crippen LogP contribution in [0, 0.1) is 0 Å². The van der Waals surface area contributed by atoms with Crippen LogP contribution in [0.15, 0.2) is 130 Å². The second-order valence-electron chi connectivity index (χ2n) is 9.57. The van der Waals surface area contributed by atoms with Crippen molar-refractivity contribution < 1.29 is 0 Å². The third-order valence-electron chi connectivity index (χ3n) is 6.85. The predicted molar refractivity (Wildman–Crippen MR) is 171 cm³/mol. The minimum Gasteiger partial charge on any atom is -0.263 e. The van der Waals surface area contributed by atoms with Crippen LogP contribution in [0.2, 0.25) is 0 Å². The molecule has 0 fully saturated rings. The van der Waals surface area contributed by atoms with Crippen molar-refractivity contribution >= 4 is 0 Å². The molecule has 0 saturated carbocycles. The van der Waals surface area contributed by atoms with Gasteiger partial charge in [0.15, 0.2) is 0 Å². The number of benzene rings is 2. The summed E-state index contributed by atoms with van der Waals surface area (Å²) in [5, 5.41) is 0. The lowest BCUT2D eigenvalue weighted by molar-refractivity contribution is 1.17. The van der Waals surface area contributed by atoms with E-state index in [1.54, 1.807) is 49.6 Å². The zero-order chi connectivity index (χ0) is 30.1. The van der Waals surface area contributed by atoms with E-state index in [0.717, 1.165) is 66.8 Å². The number of hydrogen-bond donors (Lipinski definition) is 0. The Morgan fingerprint density at radius 2 is 0.409 bits per heavy atom. The third kappa shape index (κ3) is 6.22. The van der Waals surface area contributed by atoms with E-state index in [1.165, 1.54) is 25.3 Å². The van der Waals surface area contributed by atoms with E-state index in [0.29, 0.717) is 0 Å². The van der Waals surface area contributed by atoms with Crippen LogP contribution in [-0.2, 0) is 0 Å². The molecule has 0 atom stereocenters. The lowest BCUT2D eigenvalue weighted by Gasteiger charge is -2.13. The van der Waals surface area contributed by atoms with Crippen LogP contribution in [0.1, 0.15) is 13.8 Å². The van der Waals surface area contributed by atoms with Gasteiger partial charge >= 0.3 is 0 Å². The molecule has 7 aromatic rings. The Morgan fingerprint density at radius 1 is 0.227 bits per heavy atom. The number of nitrogens with zero attached hydrogens (tertiary/aromatic N) is 9. The van der Waals surface area contributed by atoms with Gasteiger partial charge in [0.25, 0.3) is 0 Å². The second kappa shape index (κ2) is 13.3. The van der Waals surface area contributed by atoms with E-state index in [9.17, 15) is 0 Å². The Kier molecular flexibility index (Phi) is 8.45. The SMILES string of the molecule is CC.c1ncc(-c2cc(-c3cncnc3)cc(-c3cncc(-c4cc(-c5cncnc5)cc(-c5cncnc5)c4)c3)c2)cn1. The first-order chi connectivity index (χ1) is 21.8. The topological polar surface area (TPSA) is 116 Å². The molecule has 7 rings (SSSR count). The fraction of sp³-hybridized carbons (Fsp3) is 0.0571. The first-order valence-electron chi connectivity index (χ1n) is 14.1. The van der Waals surface area contributed by atoms with E-state index >= 15 is 0 Å². The van der Waals surface area contributed by atoms with Crippen molar-refractivity contribution in [1.82, 2.24) is 44.9 Å². The molecule has 2 aromatic carbocycles. The maximum absolute atomic E-state index is 4.65. The van der Waals surface area contributed by atoms with Crippen molar-refractivity contribution in [2.24, 2.45) is 0 Å². The lowest BCUT2D eigenvalue weighted by Crippen LogP contribution is -1.91. The molecule has 212 valence electrons. The predicted octanol–water partition coefficient (Wildman–Crippen LogP) is 7.27. The van der Waals surface area contributed by atoms with Crippen LogP contribution in [0.5, 0.6) is 0 Å². The van der Waals surface area contributed by atoms with Gasteiger partial charge in [-0.1, -0.05) is 13.8 Å². The van der Waals surface area contributed by atoms with Gasteiger partial charge in [-0.15, -0.1) is 0 Å². The Balaban J connectivity index is 0.00000168. The van der Waals surface area contributed by atoms with Gasteiger partial charge < -0.3 is 0 Å². The maximum Gasteiger partial charge on any atom is 0.115 e. The van der Waals surface area contributed by atoms with Crippen LogP contribution in [0.4, 0.5) is 0 Å². The molecule has 0 spiro atoms. The summed E-state index contributed by atoms with van der Waals surface area (Å²) in [4.78, 5) is 38.4. The van der Waals surface area contributed by atoms with Gasteiger partial charge in [0.05, 0.1) is 0 Å². The molecule has 5 aromatic heterocycles. The molecule has 0 aliphatic heterocycles. The normalized spacial score (nSPS) is 10.5. The highest BCUT2D eigenvalue weighted by Crippen LogP contribution is 2.36. The first kappa shape index (κ1) is 28.0. The van der Waals surface area contributed by atoms with Crippen molar-refractivity contribution in [3.8, 4) is 66.8 Å². The van der Waals surface area contributed by atoms with Gasteiger partial charge in [-0.05, 0) is 75.8 Å². The van der Waals surface area contributed by atoms with Crippen LogP contribution in [0.3, 0.4) is 0 Å². The average Bonchev–Trinajstić information content (AvgIpc) is 3.13.